The van der Waals surface area contributed by atoms with E-state index < -0.39 is 40.8 Å². The lowest BCUT2D eigenvalue weighted by Crippen LogP contribution is -2.46. The number of ether oxygens (including phenoxy) is 2. The first kappa shape index (κ1) is 35.4. The zero-order valence-electron chi connectivity index (χ0n) is 27.4. The van der Waals surface area contributed by atoms with Crippen LogP contribution >= 0.6 is 0 Å². The molecule has 2 heterocycles. The van der Waals surface area contributed by atoms with Crippen molar-refractivity contribution in [2.45, 2.75) is 58.4 Å². The number of likely N-dealkylation sites (N-methyl/N-ethyl adjacent to an activating group) is 1. The van der Waals surface area contributed by atoms with Gasteiger partial charge < -0.3 is 34.6 Å². The third-order valence-electron chi connectivity index (χ3n) is 7.02. The average Bonchev–Trinajstić information content (AvgIpc) is 3.42. The summed E-state index contributed by atoms with van der Waals surface area (Å²) in [6.07, 6.45) is 4.18. The SMILES string of the molecule is CN(C)C(=O)/C=C/CC[C@H](NC(=O)OC(C)(C)C)C(=O)Nc1cccn(Cc2cc3cccc(OCc4ccc(F)cc4F)c3[nH]2)c1=O. The molecule has 0 aliphatic rings. The fourth-order valence-corrected chi connectivity index (χ4v) is 4.66. The molecule has 0 aliphatic heterocycles. The maximum atomic E-state index is 14.1. The van der Waals surface area contributed by atoms with Gasteiger partial charge in [0, 0.05) is 43.0 Å². The molecule has 11 nitrogen and oxygen atoms in total. The molecule has 1 atom stereocenters. The lowest BCUT2D eigenvalue weighted by molar-refractivity contribution is -0.123. The minimum Gasteiger partial charge on any atom is -0.487 e. The van der Waals surface area contributed by atoms with Gasteiger partial charge in [0.05, 0.1) is 12.1 Å². The molecule has 0 fully saturated rings. The molecule has 0 saturated carbocycles. The van der Waals surface area contributed by atoms with Crippen LogP contribution in [-0.2, 0) is 27.5 Å². The number of carbonyl (C=O) groups excluding carboxylic acids is 3. The number of anilines is 1. The molecule has 4 rings (SSSR count). The summed E-state index contributed by atoms with van der Waals surface area (Å²) in [5, 5.41) is 5.97. The van der Waals surface area contributed by atoms with Crippen LogP contribution in [0.3, 0.4) is 0 Å². The van der Waals surface area contributed by atoms with Crippen molar-refractivity contribution >= 4 is 34.5 Å². The van der Waals surface area contributed by atoms with E-state index in [0.717, 1.165) is 17.5 Å². The summed E-state index contributed by atoms with van der Waals surface area (Å²) in [5.74, 6) is -1.79. The number of allylic oxidation sites excluding steroid dienone is 1. The number of rotatable bonds is 12. The second-order valence-corrected chi connectivity index (χ2v) is 12.3. The van der Waals surface area contributed by atoms with Gasteiger partial charge in [-0.3, -0.25) is 14.4 Å². The number of benzene rings is 2. The largest absolute Gasteiger partial charge is 0.487 e. The highest BCUT2D eigenvalue weighted by Crippen LogP contribution is 2.27. The lowest BCUT2D eigenvalue weighted by atomic mass is 10.1. The Bertz CT molecular complexity index is 1880. The summed E-state index contributed by atoms with van der Waals surface area (Å²) < 4.78 is 40.0. The van der Waals surface area contributed by atoms with Crippen LogP contribution in [0.15, 0.2) is 77.7 Å². The van der Waals surface area contributed by atoms with Crippen LogP contribution < -0.4 is 20.9 Å². The highest BCUT2D eigenvalue weighted by molar-refractivity contribution is 5.96. The molecule has 3 amide bonds. The number of fused-ring (bicyclic) bond motifs is 1. The normalized spacial score (nSPS) is 12.1. The molecular formula is C35H39F2N5O6. The first-order chi connectivity index (χ1) is 22.7. The maximum Gasteiger partial charge on any atom is 0.408 e. The number of aromatic nitrogens is 2. The van der Waals surface area contributed by atoms with Crippen LogP contribution in [-0.4, -0.2) is 58.1 Å². The van der Waals surface area contributed by atoms with Gasteiger partial charge in [-0.1, -0.05) is 18.2 Å². The summed E-state index contributed by atoms with van der Waals surface area (Å²) in [6, 6.07) is 12.5. The Morgan fingerprint density at radius 3 is 2.54 bits per heavy atom. The Balaban J connectivity index is 1.48. The molecule has 0 radical (unpaired) electrons. The number of para-hydroxylation sites is 1. The molecule has 0 unspecified atom stereocenters. The monoisotopic (exact) mass is 663 g/mol. The molecular weight excluding hydrogens is 624 g/mol. The van der Waals surface area contributed by atoms with Crippen molar-refractivity contribution in [1.29, 1.82) is 0 Å². The molecule has 48 heavy (non-hydrogen) atoms. The summed E-state index contributed by atoms with van der Waals surface area (Å²) in [5.41, 5.74) is 0.198. The van der Waals surface area contributed by atoms with E-state index in [1.165, 1.54) is 27.7 Å². The first-order valence-electron chi connectivity index (χ1n) is 15.2. The Hall–Kier alpha value is -5.46. The van der Waals surface area contributed by atoms with Crippen LogP contribution in [0.25, 0.3) is 10.9 Å². The van der Waals surface area contributed by atoms with E-state index >= 15 is 0 Å². The second kappa shape index (κ2) is 15.4. The summed E-state index contributed by atoms with van der Waals surface area (Å²) in [6.45, 7) is 5.09. The third-order valence-corrected chi connectivity index (χ3v) is 7.02. The Morgan fingerprint density at radius 1 is 1.06 bits per heavy atom. The van der Waals surface area contributed by atoms with Crippen molar-refractivity contribution < 1.29 is 32.6 Å². The van der Waals surface area contributed by atoms with E-state index in [9.17, 15) is 28.0 Å². The summed E-state index contributed by atoms with van der Waals surface area (Å²) in [4.78, 5) is 55.8. The zero-order chi connectivity index (χ0) is 35.0. The predicted octanol–water partition coefficient (Wildman–Crippen LogP) is 5.49. The molecule has 2 aromatic carbocycles. The maximum absolute atomic E-state index is 14.1. The van der Waals surface area contributed by atoms with Gasteiger partial charge in [0.1, 0.15) is 41.3 Å². The number of hydrogen-bond donors (Lipinski definition) is 3. The van der Waals surface area contributed by atoms with Crippen molar-refractivity contribution in [3.8, 4) is 5.75 Å². The van der Waals surface area contributed by atoms with E-state index in [2.05, 4.69) is 15.6 Å². The van der Waals surface area contributed by atoms with Crippen LogP contribution in [0, 0.1) is 11.6 Å². The van der Waals surface area contributed by atoms with Gasteiger partial charge in [0.25, 0.3) is 5.56 Å². The van der Waals surface area contributed by atoms with E-state index in [4.69, 9.17) is 9.47 Å². The third kappa shape index (κ3) is 9.77. The Labute approximate surface area is 276 Å². The first-order valence-corrected chi connectivity index (χ1v) is 15.2. The molecule has 2 aromatic heterocycles. The highest BCUT2D eigenvalue weighted by atomic mass is 19.1. The number of carbonyl (C=O) groups is 3. The van der Waals surface area contributed by atoms with Crippen molar-refractivity contribution in [2.24, 2.45) is 0 Å². The smallest absolute Gasteiger partial charge is 0.408 e. The number of H-pyrrole nitrogens is 1. The topological polar surface area (TPSA) is 135 Å². The fourth-order valence-electron chi connectivity index (χ4n) is 4.66. The van der Waals surface area contributed by atoms with Gasteiger partial charge in [0.15, 0.2) is 0 Å². The van der Waals surface area contributed by atoms with Crippen molar-refractivity contribution in [1.82, 2.24) is 19.8 Å². The molecule has 3 N–H and O–H groups in total. The van der Waals surface area contributed by atoms with Crippen molar-refractivity contribution in [2.75, 3.05) is 19.4 Å². The number of aromatic amines is 1. The molecule has 13 heteroatoms. The fraction of sp³-hybridized carbons (Fsp3) is 0.314. The minimum atomic E-state index is -1.07. The summed E-state index contributed by atoms with van der Waals surface area (Å²) >= 11 is 0. The molecule has 4 aromatic rings. The van der Waals surface area contributed by atoms with Crippen LogP contribution in [0.5, 0.6) is 5.75 Å². The molecule has 254 valence electrons. The number of pyridine rings is 1. The van der Waals surface area contributed by atoms with Gasteiger partial charge in [-0.25, -0.2) is 13.6 Å². The van der Waals surface area contributed by atoms with Crippen LogP contribution in [0.2, 0.25) is 0 Å². The number of hydrogen-bond acceptors (Lipinski definition) is 6. The van der Waals surface area contributed by atoms with Gasteiger partial charge >= 0.3 is 6.09 Å². The number of nitrogens with zero attached hydrogens (tertiary/aromatic N) is 2. The molecule has 0 aliphatic carbocycles. The zero-order valence-corrected chi connectivity index (χ0v) is 27.4. The van der Waals surface area contributed by atoms with Gasteiger partial charge in [0.2, 0.25) is 11.8 Å². The van der Waals surface area contributed by atoms with Gasteiger partial charge in [-0.05, 0) is 76.1 Å². The average molecular weight is 664 g/mol. The quantitative estimate of drug-likeness (QED) is 0.172. The van der Waals surface area contributed by atoms with E-state index in [0.29, 0.717) is 17.0 Å². The predicted molar refractivity (Wildman–Crippen MR) is 178 cm³/mol. The van der Waals surface area contributed by atoms with Gasteiger partial charge in [-0.2, -0.15) is 0 Å². The van der Waals surface area contributed by atoms with Crippen LogP contribution in [0.1, 0.15) is 44.9 Å². The van der Waals surface area contributed by atoms with Crippen LogP contribution in [0.4, 0.5) is 19.3 Å². The molecule has 0 bridgehead atoms. The number of halogens is 2. The minimum absolute atomic E-state index is 0.00160. The van der Waals surface area contributed by atoms with E-state index in [1.54, 1.807) is 65.3 Å². The number of alkyl carbamates (subject to hydrolysis) is 1. The van der Waals surface area contributed by atoms with E-state index in [-0.39, 0.29) is 43.2 Å². The second-order valence-electron chi connectivity index (χ2n) is 12.3. The number of nitrogens with one attached hydrogen (secondary N) is 3. The molecule has 0 saturated heterocycles. The highest BCUT2D eigenvalue weighted by Gasteiger charge is 2.25. The van der Waals surface area contributed by atoms with Crippen molar-refractivity contribution in [3.05, 3.63) is 106 Å². The van der Waals surface area contributed by atoms with Gasteiger partial charge in [-0.15, -0.1) is 0 Å². The Kier molecular flexibility index (Phi) is 11.4. The van der Waals surface area contributed by atoms with E-state index in [1.807, 2.05) is 12.1 Å². The number of amides is 3. The van der Waals surface area contributed by atoms with Crippen molar-refractivity contribution in [3.63, 3.8) is 0 Å². The summed E-state index contributed by atoms with van der Waals surface area (Å²) in [7, 11) is 3.23. The molecule has 0 spiro atoms. The Morgan fingerprint density at radius 2 is 1.83 bits per heavy atom. The standard InChI is InChI=1S/C35H39F2N5O6/c1-35(2,3)48-34(46)40-27(11-6-7-14-30(43)41(4)5)32(44)39-28-12-9-17-42(33(28)45)20-25-18-22-10-8-13-29(31(22)38-25)47-21-23-15-16-24(36)19-26(23)37/h7-10,12-19,27,38H,6,11,20-21H2,1-5H3,(H,39,44)(H,40,46)/b14-7+/t27-/m0/s1. The lowest BCUT2D eigenvalue weighted by Gasteiger charge is -2.23.